The molecule has 29 heavy (non-hydrogen) atoms. The Balaban J connectivity index is 1.69. The fourth-order valence-electron chi connectivity index (χ4n) is 2.50. The molecule has 4 N–H and O–H groups in total. The summed E-state index contributed by atoms with van der Waals surface area (Å²) < 4.78 is 5.29. The molecule has 154 valence electrons. The van der Waals surface area contributed by atoms with Gasteiger partial charge in [-0.25, -0.2) is 0 Å². The Bertz CT molecular complexity index is 841. The Morgan fingerprint density at radius 3 is 2.21 bits per heavy atom. The van der Waals surface area contributed by atoms with Crippen molar-refractivity contribution in [2.45, 2.75) is 6.54 Å². The van der Waals surface area contributed by atoms with E-state index in [1.54, 1.807) is 43.4 Å². The third-order valence-electron chi connectivity index (χ3n) is 3.94. The Hall–Kier alpha value is -3.10. The van der Waals surface area contributed by atoms with Gasteiger partial charge in [0.2, 0.25) is 0 Å². The van der Waals surface area contributed by atoms with Crippen LogP contribution >= 0.6 is 11.6 Å². The molecule has 1 atom stereocenters. The average molecular weight is 420 g/mol. The van der Waals surface area contributed by atoms with Crippen LogP contribution in [-0.2, 0) is 16.1 Å². The number of carbonyl (C=O) groups is 3. The number of nitrogens with one attached hydrogen (secondary N) is 4. The number of hydrogen-bond acceptors (Lipinski definition) is 4. The van der Waals surface area contributed by atoms with E-state index < -0.39 is 5.91 Å². The van der Waals surface area contributed by atoms with Crippen molar-refractivity contribution in [3.05, 3.63) is 64.7 Å². The second-order valence-corrected chi connectivity index (χ2v) is 6.86. The summed E-state index contributed by atoms with van der Waals surface area (Å²) in [5.74, 6) is -0.449. The van der Waals surface area contributed by atoms with Gasteiger partial charge in [-0.2, -0.15) is 0 Å². The number of halogens is 1. The standard InChI is InChI=1S/C20H23ClN4O4/c1-22-20(28)15-5-3-14(4-6-15)11-25(2)12-18(26)23-24-19(27)13-29-17-9-7-16(21)8-10-17/h3-10H,11-13H2,1-2H3,(H,22,28)(H,23,26)(H,24,27)/p+1. The number of hydrazine groups is 1. The molecule has 2 aromatic rings. The van der Waals surface area contributed by atoms with Gasteiger partial charge in [-0.05, 0) is 36.4 Å². The minimum atomic E-state index is -0.476. The van der Waals surface area contributed by atoms with Crippen LogP contribution in [0.4, 0.5) is 0 Å². The largest absolute Gasteiger partial charge is 0.484 e. The summed E-state index contributed by atoms with van der Waals surface area (Å²) in [6.45, 7) is 0.521. The maximum atomic E-state index is 12.0. The van der Waals surface area contributed by atoms with Crippen molar-refractivity contribution in [2.75, 3.05) is 27.2 Å². The van der Waals surface area contributed by atoms with E-state index in [1.165, 1.54) is 0 Å². The van der Waals surface area contributed by atoms with Crippen molar-refractivity contribution in [1.29, 1.82) is 0 Å². The Kier molecular flexibility index (Phi) is 8.45. The van der Waals surface area contributed by atoms with E-state index in [0.29, 0.717) is 22.9 Å². The van der Waals surface area contributed by atoms with Crippen LogP contribution in [0.5, 0.6) is 5.75 Å². The van der Waals surface area contributed by atoms with Crippen LogP contribution in [0.3, 0.4) is 0 Å². The number of ether oxygens (including phenoxy) is 1. The Morgan fingerprint density at radius 1 is 0.966 bits per heavy atom. The number of amides is 3. The normalized spacial score (nSPS) is 11.3. The molecule has 3 amide bonds. The number of benzene rings is 2. The van der Waals surface area contributed by atoms with Crippen molar-refractivity contribution in [3.63, 3.8) is 0 Å². The minimum absolute atomic E-state index is 0.146. The van der Waals surface area contributed by atoms with Gasteiger partial charge in [0.25, 0.3) is 17.7 Å². The van der Waals surface area contributed by atoms with Crippen LogP contribution in [0.2, 0.25) is 5.02 Å². The fourth-order valence-corrected chi connectivity index (χ4v) is 2.63. The molecule has 0 saturated heterocycles. The van der Waals surface area contributed by atoms with Crippen molar-refractivity contribution in [2.24, 2.45) is 0 Å². The lowest BCUT2D eigenvalue weighted by Crippen LogP contribution is -3.09. The quantitative estimate of drug-likeness (QED) is 0.450. The zero-order valence-electron chi connectivity index (χ0n) is 16.3. The van der Waals surface area contributed by atoms with Gasteiger partial charge in [0, 0.05) is 23.2 Å². The topological polar surface area (TPSA) is 101 Å². The van der Waals surface area contributed by atoms with E-state index in [2.05, 4.69) is 16.2 Å². The Labute approximate surface area is 174 Å². The van der Waals surface area contributed by atoms with Gasteiger partial charge in [-0.3, -0.25) is 25.2 Å². The zero-order chi connectivity index (χ0) is 21.2. The zero-order valence-corrected chi connectivity index (χ0v) is 17.0. The molecular weight excluding hydrogens is 396 g/mol. The second kappa shape index (κ2) is 11.0. The number of carbonyl (C=O) groups excluding carboxylic acids is 3. The predicted octanol–water partition coefficient (Wildman–Crippen LogP) is -0.0593. The molecule has 0 bridgehead atoms. The van der Waals surface area contributed by atoms with E-state index in [0.717, 1.165) is 10.5 Å². The van der Waals surface area contributed by atoms with Crippen LogP contribution in [0.15, 0.2) is 48.5 Å². The maximum Gasteiger partial charge on any atom is 0.293 e. The highest BCUT2D eigenvalue weighted by Gasteiger charge is 2.12. The van der Waals surface area contributed by atoms with E-state index in [4.69, 9.17) is 16.3 Å². The first-order valence-corrected chi connectivity index (χ1v) is 9.33. The lowest BCUT2D eigenvalue weighted by molar-refractivity contribution is -0.885. The molecule has 0 aliphatic rings. The SMILES string of the molecule is CNC(=O)c1ccc(C[NH+](C)CC(=O)NNC(=O)COc2ccc(Cl)cc2)cc1. The number of hydrogen-bond donors (Lipinski definition) is 4. The second-order valence-electron chi connectivity index (χ2n) is 6.43. The van der Waals surface area contributed by atoms with Crippen molar-refractivity contribution < 1.29 is 24.0 Å². The molecule has 2 rings (SSSR count). The maximum absolute atomic E-state index is 12.0. The first kappa shape index (κ1) is 22.2. The molecule has 0 aliphatic carbocycles. The van der Waals surface area contributed by atoms with Gasteiger partial charge in [-0.15, -0.1) is 0 Å². The summed E-state index contributed by atoms with van der Waals surface area (Å²) in [6, 6.07) is 13.8. The van der Waals surface area contributed by atoms with Crippen LogP contribution in [-0.4, -0.2) is 45.0 Å². The molecule has 9 heteroatoms. The van der Waals surface area contributed by atoms with Gasteiger partial charge >= 0.3 is 0 Å². The summed E-state index contributed by atoms with van der Waals surface area (Å²) in [6.07, 6.45) is 0. The number of quaternary nitrogens is 1. The van der Waals surface area contributed by atoms with Crippen LogP contribution in [0, 0.1) is 0 Å². The number of likely N-dealkylation sites (N-methyl/N-ethyl adjacent to an activating group) is 1. The van der Waals surface area contributed by atoms with Gasteiger partial charge in [-0.1, -0.05) is 23.7 Å². The highest BCUT2D eigenvalue weighted by molar-refractivity contribution is 6.30. The smallest absolute Gasteiger partial charge is 0.293 e. The van der Waals surface area contributed by atoms with Crippen molar-refractivity contribution in [1.82, 2.24) is 16.2 Å². The summed E-state index contributed by atoms with van der Waals surface area (Å²) in [5, 5.41) is 3.14. The molecule has 0 fully saturated rings. The first-order chi connectivity index (χ1) is 13.9. The molecule has 0 aromatic heterocycles. The molecule has 2 aromatic carbocycles. The lowest BCUT2D eigenvalue weighted by atomic mass is 10.1. The van der Waals surface area contributed by atoms with Crippen LogP contribution in [0.1, 0.15) is 15.9 Å². The van der Waals surface area contributed by atoms with E-state index in [-0.39, 0.29) is 25.0 Å². The summed E-state index contributed by atoms with van der Waals surface area (Å²) in [7, 11) is 3.44. The van der Waals surface area contributed by atoms with Gasteiger partial charge < -0.3 is 15.0 Å². The van der Waals surface area contributed by atoms with Crippen LogP contribution < -0.4 is 25.8 Å². The van der Waals surface area contributed by atoms with Crippen molar-refractivity contribution in [3.8, 4) is 5.75 Å². The molecule has 1 unspecified atom stereocenters. The van der Waals surface area contributed by atoms with Gasteiger partial charge in [0.1, 0.15) is 12.3 Å². The predicted molar refractivity (Wildman–Crippen MR) is 109 cm³/mol. The first-order valence-electron chi connectivity index (χ1n) is 8.95. The summed E-state index contributed by atoms with van der Waals surface area (Å²) in [5.41, 5.74) is 6.24. The molecule has 0 heterocycles. The van der Waals surface area contributed by atoms with E-state index in [1.807, 2.05) is 19.2 Å². The molecule has 0 spiro atoms. The monoisotopic (exact) mass is 419 g/mol. The van der Waals surface area contributed by atoms with E-state index >= 15 is 0 Å². The fraction of sp³-hybridized carbons (Fsp3) is 0.250. The molecule has 0 aliphatic heterocycles. The molecule has 0 saturated carbocycles. The van der Waals surface area contributed by atoms with Crippen LogP contribution in [0.25, 0.3) is 0 Å². The summed E-state index contributed by atoms with van der Waals surface area (Å²) >= 11 is 5.78. The summed E-state index contributed by atoms with van der Waals surface area (Å²) in [4.78, 5) is 36.2. The third-order valence-corrected chi connectivity index (χ3v) is 4.19. The minimum Gasteiger partial charge on any atom is -0.484 e. The third kappa shape index (κ3) is 7.81. The number of rotatable bonds is 8. The molecular formula is C20H24ClN4O4+. The van der Waals surface area contributed by atoms with Gasteiger partial charge in [0.15, 0.2) is 13.2 Å². The van der Waals surface area contributed by atoms with Gasteiger partial charge in [0.05, 0.1) is 7.05 Å². The average Bonchev–Trinajstić information content (AvgIpc) is 2.71. The highest BCUT2D eigenvalue weighted by atomic mass is 35.5. The highest BCUT2D eigenvalue weighted by Crippen LogP contribution is 2.15. The van der Waals surface area contributed by atoms with Crippen molar-refractivity contribution >= 4 is 29.3 Å². The Morgan fingerprint density at radius 2 is 1.59 bits per heavy atom. The molecule has 0 radical (unpaired) electrons. The molecule has 8 nitrogen and oxygen atoms in total. The van der Waals surface area contributed by atoms with E-state index in [9.17, 15) is 14.4 Å². The lowest BCUT2D eigenvalue weighted by Gasteiger charge is -2.14.